The van der Waals surface area contributed by atoms with Crippen molar-refractivity contribution in [1.29, 1.82) is 0 Å². The normalized spacial score (nSPS) is 10.0. The third kappa shape index (κ3) is 5.61. The van der Waals surface area contributed by atoms with Crippen LogP contribution in [-0.4, -0.2) is 17.6 Å². The van der Waals surface area contributed by atoms with E-state index in [1.54, 1.807) is 36.0 Å². The van der Waals surface area contributed by atoms with Gasteiger partial charge in [-0.2, -0.15) is 0 Å². The van der Waals surface area contributed by atoms with Crippen molar-refractivity contribution in [3.05, 3.63) is 60.2 Å². The van der Waals surface area contributed by atoms with Crippen LogP contribution in [-0.2, 0) is 15.3 Å². The summed E-state index contributed by atoms with van der Waals surface area (Å²) in [5, 5.41) is 5.52. The Morgan fingerprint density at radius 2 is 1.50 bits per heavy atom. The zero-order valence-corrected chi connectivity index (χ0v) is 13.2. The number of thioether (sulfide) groups is 1. The summed E-state index contributed by atoms with van der Waals surface area (Å²) >= 11 is 1.58. The first kappa shape index (κ1) is 16.1. The van der Waals surface area contributed by atoms with Gasteiger partial charge in [0.05, 0.1) is 5.75 Å². The van der Waals surface area contributed by atoms with Gasteiger partial charge >= 0.3 is 0 Å². The Hall–Kier alpha value is -2.27. The molecule has 114 valence electrons. The minimum Gasteiger partial charge on any atom is -0.326 e. The highest BCUT2D eigenvalue weighted by molar-refractivity contribution is 7.99. The van der Waals surface area contributed by atoms with Gasteiger partial charge in [0.2, 0.25) is 11.8 Å². The Kier molecular flexibility index (Phi) is 6.03. The Bertz CT molecular complexity index is 627. The van der Waals surface area contributed by atoms with Crippen LogP contribution in [0.3, 0.4) is 0 Å². The molecule has 0 fully saturated rings. The molecule has 2 rings (SSSR count). The first-order valence-electron chi connectivity index (χ1n) is 6.92. The van der Waals surface area contributed by atoms with Crippen LogP contribution in [0.2, 0.25) is 0 Å². The first-order chi connectivity index (χ1) is 10.6. The fraction of sp³-hybridized carbons (Fsp3) is 0.176. The second-order valence-corrected chi connectivity index (χ2v) is 5.77. The van der Waals surface area contributed by atoms with E-state index in [0.29, 0.717) is 11.4 Å². The molecule has 2 aromatic carbocycles. The fourth-order valence-corrected chi connectivity index (χ4v) is 2.66. The second-order valence-electron chi connectivity index (χ2n) is 4.79. The lowest BCUT2D eigenvalue weighted by molar-refractivity contribution is -0.114. The van der Waals surface area contributed by atoms with Crippen molar-refractivity contribution in [2.45, 2.75) is 12.7 Å². The van der Waals surface area contributed by atoms with Gasteiger partial charge in [-0.1, -0.05) is 30.3 Å². The molecule has 0 bridgehead atoms. The van der Waals surface area contributed by atoms with Gasteiger partial charge in [0.1, 0.15) is 0 Å². The third-order valence-corrected chi connectivity index (χ3v) is 3.84. The summed E-state index contributed by atoms with van der Waals surface area (Å²) in [5.41, 5.74) is 2.64. The number of carbonyl (C=O) groups is 2. The molecule has 2 N–H and O–H groups in total. The molecular formula is C17H18N2O2S. The molecule has 2 aromatic rings. The van der Waals surface area contributed by atoms with Crippen molar-refractivity contribution >= 4 is 35.0 Å². The van der Waals surface area contributed by atoms with E-state index in [-0.39, 0.29) is 11.8 Å². The van der Waals surface area contributed by atoms with Gasteiger partial charge in [-0.15, -0.1) is 11.8 Å². The van der Waals surface area contributed by atoms with Crippen LogP contribution in [0.1, 0.15) is 12.5 Å². The highest BCUT2D eigenvalue weighted by Crippen LogP contribution is 2.15. The van der Waals surface area contributed by atoms with E-state index in [9.17, 15) is 9.59 Å². The zero-order chi connectivity index (χ0) is 15.8. The van der Waals surface area contributed by atoms with E-state index >= 15 is 0 Å². The Morgan fingerprint density at radius 3 is 2.09 bits per heavy atom. The maximum absolute atomic E-state index is 11.9. The molecule has 0 aromatic heterocycles. The summed E-state index contributed by atoms with van der Waals surface area (Å²) in [5.74, 6) is 1.07. The lowest BCUT2D eigenvalue weighted by Gasteiger charge is -2.07. The molecule has 4 nitrogen and oxygen atoms in total. The summed E-state index contributed by atoms with van der Waals surface area (Å²) in [7, 11) is 0. The molecule has 0 saturated heterocycles. The third-order valence-electron chi connectivity index (χ3n) is 2.83. The molecule has 0 spiro atoms. The van der Waals surface area contributed by atoms with Crippen LogP contribution in [0, 0.1) is 0 Å². The van der Waals surface area contributed by atoms with Crippen LogP contribution in [0.25, 0.3) is 0 Å². The van der Waals surface area contributed by atoms with E-state index in [0.717, 1.165) is 11.4 Å². The molecule has 0 saturated carbocycles. The fourth-order valence-electron chi connectivity index (χ4n) is 1.87. The van der Waals surface area contributed by atoms with E-state index in [1.165, 1.54) is 12.5 Å². The van der Waals surface area contributed by atoms with Gasteiger partial charge in [-0.3, -0.25) is 9.59 Å². The molecule has 0 aliphatic rings. The largest absolute Gasteiger partial charge is 0.326 e. The van der Waals surface area contributed by atoms with Crippen LogP contribution >= 0.6 is 11.8 Å². The van der Waals surface area contributed by atoms with E-state index < -0.39 is 0 Å². The van der Waals surface area contributed by atoms with E-state index in [1.807, 2.05) is 30.3 Å². The summed E-state index contributed by atoms with van der Waals surface area (Å²) in [6.45, 7) is 1.46. The average molecular weight is 314 g/mol. The van der Waals surface area contributed by atoms with Crippen molar-refractivity contribution in [3.8, 4) is 0 Å². The van der Waals surface area contributed by atoms with Crippen molar-refractivity contribution < 1.29 is 9.59 Å². The minimum atomic E-state index is -0.117. The Balaban J connectivity index is 1.75. The number of rotatable bonds is 6. The smallest absolute Gasteiger partial charge is 0.234 e. The zero-order valence-electron chi connectivity index (χ0n) is 12.3. The van der Waals surface area contributed by atoms with Crippen molar-refractivity contribution in [3.63, 3.8) is 0 Å². The van der Waals surface area contributed by atoms with Crippen molar-refractivity contribution in [2.75, 3.05) is 16.4 Å². The van der Waals surface area contributed by atoms with Crippen LogP contribution in [0.15, 0.2) is 54.6 Å². The van der Waals surface area contributed by atoms with Crippen LogP contribution in [0.4, 0.5) is 11.4 Å². The van der Waals surface area contributed by atoms with E-state index in [2.05, 4.69) is 10.6 Å². The Morgan fingerprint density at radius 1 is 0.909 bits per heavy atom. The quantitative estimate of drug-likeness (QED) is 0.858. The molecule has 2 amide bonds. The topological polar surface area (TPSA) is 58.2 Å². The van der Waals surface area contributed by atoms with Gasteiger partial charge < -0.3 is 10.6 Å². The van der Waals surface area contributed by atoms with Gasteiger partial charge in [0, 0.05) is 24.1 Å². The van der Waals surface area contributed by atoms with Crippen molar-refractivity contribution in [2.24, 2.45) is 0 Å². The van der Waals surface area contributed by atoms with Crippen molar-refractivity contribution in [1.82, 2.24) is 0 Å². The number of benzene rings is 2. The lowest BCUT2D eigenvalue weighted by atomic mass is 10.2. The second kappa shape index (κ2) is 8.24. The number of amides is 2. The van der Waals surface area contributed by atoms with E-state index in [4.69, 9.17) is 0 Å². The molecular weight excluding hydrogens is 296 g/mol. The summed E-state index contributed by atoms with van der Waals surface area (Å²) in [6.07, 6.45) is 0. The Labute approximate surface area is 134 Å². The summed E-state index contributed by atoms with van der Waals surface area (Å²) in [6, 6.07) is 17.1. The van der Waals surface area contributed by atoms with Crippen LogP contribution < -0.4 is 10.6 Å². The summed E-state index contributed by atoms with van der Waals surface area (Å²) in [4.78, 5) is 22.8. The molecule has 0 aliphatic carbocycles. The molecule has 0 heterocycles. The number of hydrogen-bond acceptors (Lipinski definition) is 3. The van der Waals surface area contributed by atoms with Gasteiger partial charge in [0.15, 0.2) is 0 Å². The molecule has 0 aliphatic heterocycles. The molecule has 0 atom stereocenters. The highest BCUT2D eigenvalue weighted by Gasteiger charge is 2.03. The van der Waals surface area contributed by atoms with Gasteiger partial charge in [0.25, 0.3) is 0 Å². The number of hydrogen-bond donors (Lipinski definition) is 2. The SMILES string of the molecule is CC(=O)Nc1ccc(NC(=O)CSCc2ccccc2)cc1. The maximum atomic E-state index is 11.9. The standard InChI is InChI=1S/C17H18N2O2S/c1-13(20)18-15-7-9-16(10-8-15)19-17(21)12-22-11-14-5-3-2-4-6-14/h2-10H,11-12H2,1H3,(H,18,20)(H,19,21). The predicted octanol–water partition coefficient (Wildman–Crippen LogP) is 3.52. The average Bonchev–Trinajstić information content (AvgIpc) is 2.50. The predicted molar refractivity (Wildman–Crippen MR) is 92.0 cm³/mol. The summed E-state index contributed by atoms with van der Waals surface area (Å²) < 4.78 is 0. The number of carbonyl (C=O) groups excluding carboxylic acids is 2. The number of anilines is 2. The lowest BCUT2D eigenvalue weighted by Crippen LogP contribution is -2.14. The minimum absolute atomic E-state index is 0.0341. The first-order valence-corrected chi connectivity index (χ1v) is 8.08. The van der Waals surface area contributed by atoms with Gasteiger partial charge in [-0.05, 0) is 29.8 Å². The highest BCUT2D eigenvalue weighted by atomic mass is 32.2. The number of nitrogens with one attached hydrogen (secondary N) is 2. The molecule has 22 heavy (non-hydrogen) atoms. The molecule has 0 radical (unpaired) electrons. The molecule has 0 unspecified atom stereocenters. The van der Waals surface area contributed by atoms with Gasteiger partial charge in [-0.25, -0.2) is 0 Å². The molecule has 5 heteroatoms. The maximum Gasteiger partial charge on any atom is 0.234 e. The monoisotopic (exact) mass is 314 g/mol. The van der Waals surface area contributed by atoms with Crippen LogP contribution in [0.5, 0.6) is 0 Å².